The number of rotatable bonds is 5. The van der Waals surface area contributed by atoms with Crippen molar-refractivity contribution in [2.45, 2.75) is 12.8 Å². The fraction of sp³-hybridized carbons (Fsp3) is 0.500. The zero-order valence-corrected chi connectivity index (χ0v) is 14.1. The Morgan fingerprint density at radius 3 is 2.74 bits per heavy atom. The van der Waals surface area contributed by atoms with Crippen LogP contribution in [-0.2, 0) is 9.53 Å². The van der Waals surface area contributed by atoms with Gasteiger partial charge in [0.25, 0.3) is 0 Å². The molecule has 6 nitrogen and oxygen atoms in total. The Kier molecular flexibility index (Phi) is 6.61. The molecule has 0 aliphatic carbocycles. The summed E-state index contributed by atoms with van der Waals surface area (Å²) in [5.41, 5.74) is 0.455. The van der Waals surface area contributed by atoms with E-state index in [9.17, 15) is 9.90 Å². The van der Waals surface area contributed by atoms with E-state index in [4.69, 9.17) is 17.0 Å². The smallest absolute Gasteiger partial charge is 0.227 e. The zero-order valence-electron chi connectivity index (χ0n) is 13.2. The second-order valence-electron chi connectivity index (χ2n) is 5.49. The molecule has 2 rings (SSSR count). The van der Waals surface area contributed by atoms with Crippen molar-refractivity contribution in [2.24, 2.45) is 5.92 Å². The average molecular weight is 337 g/mol. The number of ether oxygens (including phenoxy) is 1. The van der Waals surface area contributed by atoms with Crippen molar-refractivity contribution in [3.8, 4) is 5.75 Å². The number of para-hydroxylation sites is 2. The van der Waals surface area contributed by atoms with Crippen molar-refractivity contribution >= 4 is 28.9 Å². The van der Waals surface area contributed by atoms with E-state index in [-0.39, 0.29) is 17.6 Å². The summed E-state index contributed by atoms with van der Waals surface area (Å²) >= 11 is 5.34. The van der Waals surface area contributed by atoms with Gasteiger partial charge in [-0.25, -0.2) is 0 Å². The molecule has 0 unspecified atom stereocenters. The van der Waals surface area contributed by atoms with Crippen LogP contribution < -0.4 is 10.6 Å². The lowest BCUT2D eigenvalue weighted by atomic mass is 9.96. The number of anilines is 1. The van der Waals surface area contributed by atoms with Gasteiger partial charge in [-0.2, -0.15) is 0 Å². The summed E-state index contributed by atoms with van der Waals surface area (Å²) < 4.78 is 4.98. The lowest BCUT2D eigenvalue weighted by Gasteiger charge is -2.33. The van der Waals surface area contributed by atoms with Gasteiger partial charge < -0.3 is 25.4 Å². The Balaban J connectivity index is 1.78. The molecular weight excluding hydrogens is 314 g/mol. The Morgan fingerprint density at radius 1 is 1.39 bits per heavy atom. The van der Waals surface area contributed by atoms with Gasteiger partial charge in [-0.3, -0.25) is 4.79 Å². The molecule has 1 aromatic carbocycles. The molecule has 1 fully saturated rings. The van der Waals surface area contributed by atoms with Crippen LogP contribution in [0.5, 0.6) is 5.75 Å². The number of nitrogens with one attached hydrogen (secondary N) is 2. The van der Waals surface area contributed by atoms with Crippen molar-refractivity contribution in [3.05, 3.63) is 24.3 Å². The molecule has 0 spiro atoms. The number of hydrogen-bond donors (Lipinski definition) is 3. The predicted molar refractivity (Wildman–Crippen MR) is 93.5 cm³/mol. The van der Waals surface area contributed by atoms with Gasteiger partial charge in [0.2, 0.25) is 5.91 Å². The number of nitrogens with zero attached hydrogens (tertiary/aromatic N) is 1. The minimum absolute atomic E-state index is 0.0515. The number of phenols is 1. The summed E-state index contributed by atoms with van der Waals surface area (Å²) in [6.07, 6.45) is 1.48. The van der Waals surface area contributed by atoms with Gasteiger partial charge in [-0.15, -0.1) is 0 Å². The fourth-order valence-corrected chi connectivity index (χ4v) is 2.82. The second kappa shape index (κ2) is 8.69. The van der Waals surface area contributed by atoms with Gasteiger partial charge in [0, 0.05) is 32.7 Å². The Hall–Kier alpha value is -1.86. The zero-order chi connectivity index (χ0) is 16.7. The molecule has 7 heteroatoms. The van der Waals surface area contributed by atoms with Crippen LogP contribution in [0.15, 0.2) is 24.3 Å². The molecule has 1 aliphatic heterocycles. The molecule has 126 valence electrons. The minimum atomic E-state index is -0.0624. The van der Waals surface area contributed by atoms with Crippen LogP contribution in [-0.4, -0.2) is 54.4 Å². The number of amides is 1. The summed E-state index contributed by atoms with van der Waals surface area (Å²) in [6, 6.07) is 6.75. The highest BCUT2D eigenvalue weighted by molar-refractivity contribution is 7.80. The predicted octanol–water partition coefficient (Wildman–Crippen LogP) is 1.56. The average Bonchev–Trinajstić information content (AvgIpc) is 2.57. The lowest BCUT2D eigenvalue weighted by Crippen LogP contribution is -2.46. The number of piperidine rings is 1. The number of thiocarbonyl (C=S) groups is 1. The first-order chi connectivity index (χ1) is 11.1. The monoisotopic (exact) mass is 337 g/mol. The largest absolute Gasteiger partial charge is 0.506 e. The maximum Gasteiger partial charge on any atom is 0.227 e. The molecular formula is C16H23N3O3S. The first kappa shape index (κ1) is 17.5. The van der Waals surface area contributed by atoms with Crippen LogP contribution >= 0.6 is 12.2 Å². The van der Waals surface area contributed by atoms with Crippen molar-refractivity contribution in [3.63, 3.8) is 0 Å². The van der Waals surface area contributed by atoms with Crippen molar-refractivity contribution in [1.82, 2.24) is 10.2 Å². The molecule has 1 saturated heterocycles. The van der Waals surface area contributed by atoms with Crippen molar-refractivity contribution in [2.75, 3.05) is 38.7 Å². The summed E-state index contributed by atoms with van der Waals surface area (Å²) in [7, 11) is 1.65. The first-order valence-corrected chi connectivity index (χ1v) is 8.13. The Bertz CT molecular complexity index is 545. The van der Waals surface area contributed by atoms with E-state index >= 15 is 0 Å². The van der Waals surface area contributed by atoms with Gasteiger partial charge in [0.05, 0.1) is 12.3 Å². The van der Waals surface area contributed by atoms with E-state index in [1.54, 1.807) is 31.4 Å². The number of benzene rings is 1. The van der Waals surface area contributed by atoms with Crippen LogP contribution in [0, 0.1) is 5.92 Å². The summed E-state index contributed by atoms with van der Waals surface area (Å²) in [5, 5.41) is 16.4. The number of carbonyl (C=O) groups is 1. The van der Waals surface area contributed by atoms with E-state index < -0.39 is 0 Å². The van der Waals surface area contributed by atoms with Crippen molar-refractivity contribution < 1.29 is 14.6 Å². The number of carbonyl (C=O) groups excluding carboxylic acids is 1. The third-order valence-corrected chi connectivity index (χ3v) is 4.30. The maximum atomic E-state index is 12.3. The molecule has 0 bridgehead atoms. The minimum Gasteiger partial charge on any atom is -0.506 e. The molecule has 3 N–H and O–H groups in total. The lowest BCUT2D eigenvalue weighted by molar-refractivity contribution is -0.121. The summed E-state index contributed by atoms with van der Waals surface area (Å²) in [4.78, 5) is 14.4. The highest BCUT2D eigenvalue weighted by Gasteiger charge is 2.26. The maximum absolute atomic E-state index is 12.3. The standard InChI is InChI=1S/C16H23N3O3S/c1-22-11-8-17-16(23)19-9-6-12(7-10-19)15(21)18-13-4-2-3-5-14(13)20/h2-5,12,20H,6-11H2,1H3,(H,17,23)(H,18,21). The van der Waals surface area contributed by atoms with Gasteiger partial charge in [-0.05, 0) is 37.2 Å². The normalized spacial score (nSPS) is 15.3. The van der Waals surface area contributed by atoms with Crippen molar-refractivity contribution in [1.29, 1.82) is 0 Å². The summed E-state index contributed by atoms with van der Waals surface area (Å²) in [5.74, 6) is -0.0288. The third kappa shape index (κ3) is 5.07. The molecule has 1 aromatic rings. The number of likely N-dealkylation sites (tertiary alicyclic amines) is 1. The highest BCUT2D eigenvalue weighted by atomic mass is 32.1. The second-order valence-corrected chi connectivity index (χ2v) is 5.88. The quantitative estimate of drug-likeness (QED) is 0.430. The van der Waals surface area contributed by atoms with E-state index in [0.717, 1.165) is 25.9 Å². The van der Waals surface area contributed by atoms with Crippen LogP contribution in [0.25, 0.3) is 0 Å². The number of phenolic OH excluding ortho intramolecular Hbond substituents is 1. The topological polar surface area (TPSA) is 73.8 Å². The number of aromatic hydroxyl groups is 1. The van der Waals surface area contributed by atoms with Gasteiger partial charge in [0.15, 0.2) is 5.11 Å². The Labute approximate surface area is 141 Å². The van der Waals surface area contributed by atoms with Crippen LogP contribution in [0.2, 0.25) is 0 Å². The van der Waals surface area contributed by atoms with Crippen LogP contribution in [0.4, 0.5) is 5.69 Å². The molecule has 1 aliphatic rings. The van der Waals surface area contributed by atoms with Gasteiger partial charge in [0.1, 0.15) is 5.75 Å². The van der Waals surface area contributed by atoms with Gasteiger partial charge in [-0.1, -0.05) is 12.1 Å². The highest BCUT2D eigenvalue weighted by Crippen LogP contribution is 2.24. The van der Waals surface area contributed by atoms with E-state index in [2.05, 4.69) is 15.5 Å². The van der Waals surface area contributed by atoms with Crippen LogP contribution in [0.1, 0.15) is 12.8 Å². The SMILES string of the molecule is COCCNC(=S)N1CCC(C(=O)Nc2ccccc2O)CC1. The molecule has 1 heterocycles. The molecule has 0 saturated carbocycles. The van der Waals surface area contributed by atoms with E-state index in [1.807, 2.05) is 0 Å². The van der Waals surface area contributed by atoms with Crippen LogP contribution in [0.3, 0.4) is 0 Å². The molecule has 0 radical (unpaired) electrons. The van der Waals surface area contributed by atoms with E-state index in [1.165, 1.54) is 0 Å². The molecule has 0 atom stereocenters. The number of hydrogen-bond acceptors (Lipinski definition) is 4. The fourth-order valence-electron chi connectivity index (χ4n) is 2.53. The molecule has 23 heavy (non-hydrogen) atoms. The number of methoxy groups -OCH3 is 1. The van der Waals surface area contributed by atoms with E-state index in [0.29, 0.717) is 24.0 Å². The third-order valence-electron chi connectivity index (χ3n) is 3.90. The molecule has 1 amide bonds. The first-order valence-electron chi connectivity index (χ1n) is 7.72. The van der Waals surface area contributed by atoms with Gasteiger partial charge >= 0.3 is 0 Å². The summed E-state index contributed by atoms with van der Waals surface area (Å²) in [6.45, 7) is 2.79. The molecule has 0 aromatic heterocycles. The Morgan fingerprint density at radius 2 is 2.09 bits per heavy atom.